The summed E-state index contributed by atoms with van der Waals surface area (Å²) in [6.45, 7) is 3.45. The van der Waals surface area contributed by atoms with Gasteiger partial charge in [0.25, 0.3) is 5.91 Å². The summed E-state index contributed by atoms with van der Waals surface area (Å²) in [6, 6.07) is 14.8. The number of nitrogens with zero attached hydrogens (tertiary/aromatic N) is 1. The number of halogens is 1. The van der Waals surface area contributed by atoms with E-state index in [2.05, 4.69) is 5.32 Å². The van der Waals surface area contributed by atoms with E-state index in [1.807, 2.05) is 11.8 Å². The number of fused-ring (bicyclic) bond motifs is 2. The predicted molar refractivity (Wildman–Crippen MR) is 116 cm³/mol. The molecule has 7 heteroatoms. The lowest BCUT2D eigenvalue weighted by atomic mass is 10.1. The van der Waals surface area contributed by atoms with E-state index < -0.39 is 9.84 Å². The topological polar surface area (TPSA) is 66.5 Å². The first-order valence-corrected chi connectivity index (χ1v) is 11.5. The van der Waals surface area contributed by atoms with Crippen LogP contribution >= 0.6 is 12.4 Å². The lowest BCUT2D eigenvalue weighted by Crippen LogP contribution is -2.39. The number of nitrogens with one attached hydrogen (secondary N) is 1. The average Bonchev–Trinajstić information content (AvgIpc) is 3.00. The Labute approximate surface area is 178 Å². The zero-order chi connectivity index (χ0) is 19.7. The number of carbonyl (C=O) groups is 1. The molecule has 1 amide bonds. The maximum absolute atomic E-state index is 12.9. The van der Waals surface area contributed by atoms with Crippen molar-refractivity contribution in [2.24, 2.45) is 0 Å². The normalized spacial score (nSPS) is 21.3. The summed E-state index contributed by atoms with van der Waals surface area (Å²) >= 11 is 0. The van der Waals surface area contributed by atoms with Crippen LogP contribution < -0.4 is 5.32 Å². The van der Waals surface area contributed by atoms with E-state index in [-0.39, 0.29) is 24.1 Å². The van der Waals surface area contributed by atoms with Crippen molar-refractivity contribution in [3.8, 4) is 0 Å². The van der Waals surface area contributed by atoms with Gasteiger partial charge >= 0.3 is 0 Å². The van der Waals surface area contributed by atoms with Crippen LogP contribution in [0.3, 0.4) is 0 Å². The van der Waals surface area contributed by atoms with Crippen LogP contribution in [0.2, 0.25) is 0 Å². The smallest absolute Gasteiger partial charge is 0.253 e. The number of sulfone groups is 1. The first kappa shape index (κ1) is 21.8. The summed E-state index contributed by atoms with van der Waals surface area (Å²) in [5.41, 5.74) is 2.33. The Morgan fingerprint density at radius 3 is 2.34 bits per heavy atom. The van der Waals surface area contributed by atoms with Gasteiger partial charge in [0.05, 0.1) is 10.6 Å². The van der Waals surface area contributed by atoms with Crippen molar-refractivity contribution in [1.82, 2.24) is 10.2 Å². The number of benzene rings is 2. The van der Waals surface area contributed by atoms with Crippen LogP contribution in [0.1, 0.15) is 40.7 Å². The Balaban J connectivity index is 0.00000240. The van der Waals surface area contributed by atoms with Crippen LogP contribution in [-0.2, 0) is 15.6 Å². The number of aryl methyl sites for hydroxylation is 1. The van der Waals surface area contributed by atoms with Gasteiger partial charge in [0.1, 0.15) is 0 Å². The summed E-state index contributed by atoms with van der Waals surface area (Å²) in [5, 5.41) is 3.58. The van der Waals surface area contributed by atoms with Gasteiger partial charge < -0.3 is 10.2 Å². The van der Waals surface area contributed by atoms with E-state index in [1.54, 1.807) is 48.5 Å². The molecule has 156 valence electrons. The predicted octanol–water partition coefficient (Wildman–Crippen LogP) is 3.36. The largest absolute Gasteiger partial charge is 0.337 e. The number of carbonyl (C=O) groups excluding carboxylic acids is 1. The van der Waals surface area contributed by atoms with Gasteiger partial charge in [-0.3, -0.25) is 4.79 Å². The zero-order valence-electron chi connectivity index (χ0n) is 16.5. The monoisotopic (exact) mass is 434 g/mol. The standard InChI is InChI=1S/C22H26N2O3S.ClH/c1-16-2-10-21(11-3-16)28(26,27)15-17-4-6-18(7-5-17)22(25)24-13-12-19-8-9-20(14-24)23-19;/h2-7,10-11,19-20,23H,8-9,12-15H2,1H3;1H. The van der Waals surface area contributed by atoms with Crippen molar-refractivity contribution in [2.45, 2.75) is 48.9 Å². The fourth-order valence-electron chi connectivity index (χ4n) is 4.10. The molecule has 2 atom stereocenters. The lowest BCUT2D eigenvalue weighted by molar-refractivity contribution is 0.0748. The summed E-state index contributed by atoms with van der Waals surface area (Å²) in [4.78, 5) is 15.1. The Hall–Kier alpha value is -1.89. The molecule has 0 aliphatic carbocycles. The van der Waals surface area contributed by atoms with Crippen LogP contribution in [0.4, 0.5) is 0 Å². The zero-order valence-corrected chi connectivity index (χ0v) is 18.1. The molecule has 4 rings (SSSR count). The second kappa shape index (κ2) is 8.86. The number of likely N-dealkylation sites (tertiary alicyclic amines) is 1. The third kappa shape index (κ3) is 5.00. The SMILES string of the molecule is Cc1ccc(S(=O)(=O)Cc2ccc(C(=O)N3CCC4CCC(C3)N4)cc2)cc1.Cl. The van der Waals surface area contributed by atoms with Crippen LogP contribution in [-0.4, -0.2) is 44.4 Å². The fraction of sp³-hybridized carbons (Fsp3) is 0.409. The summed E-state index contributed by atoms with van der Waals surface area (Å²) in [5.74, 6) is -0.0376. The Morgan fingerprint density at radius 1 is 1.00 bits per heavy atom. The van der Waals surface area contributed by atoms with E-state index in [0.717, 1.165) is 31.5 Å². The summed E-state index contributed by atoms with van der Waals surface area (Å²) in [6.07, 6.45) is 3.33. The number of amides is 1. The molecule has 2 aliphatic rings. The third-order valence-electron chi connectivity index (χ3n) is 5.75. The molecule has 2 heterocycles. The minimum Gasteiger partial charge on any atom is -0.337 e. The van der Waals surface area contributed by atoms with Crippen LogP contribution in [0, 0.1) is 6.92 Å². The van der Waals surface area contributed by atoms with Crippen molar-refractivity contribution in [1.29, 1.82) is 0 Å². The minimum absolute atomic E-state index is 0. The van der Waals surface area contributed by atoms with Gasteiger partial charge in [-0.1, -0.05) is 29.8 Å². The van der Waals surface area contributed by atoms with Crippen molar-refractivity contribution in [3.05, 3.63) is 65.2 Å². The first-order chi connectivity index (χ1) is 13.4. The maximum atomic E-state index is 12.9. The molecular weight excluding hydrogens is 408 g/mol. The molecule has 2 aromatic carbocycles. The highest BCUT2D eigenvalue weighted by Crippen LogP contribution is 2.22. The lowest BCUT2D eigenvalue weighted by Gasteiger charge is -2.24. The van der Waals surface area contributed by atoms with Gasteiger partial charge in [-0.15, -0.1) is 12.4 Å². The van der Waals surface area contributed by atoms with Gasteiger partial charge in [-0.25, -0.2) is 8.42 Å². The average molecular weight is 435 g/mol. The Morgan fingerprint density at radius 2 is 1.66 bits per heavy atom. The van der Waals surface area contributed by atoms with Crippen LogP contribution in [0.15, 0.2) is 53.4 Å². The molecule has 0 saturated carbocycles. The molecular formula is C22H27ClN2O3S. The molecule has 5 nitrogen and oxygen atoms in total. The first-order valence-electron chi connectivity index (χ1n) is 9.84. The Kier molecular flexibility index (Phi) is 6.66. The second-order valence-electron chi connectivity index (χ2n) is 7.95. The van der Waals surface area contributed by atoms with Crippen molar-refractivity contribution in [2.75, 3.05) is 13.1 Å². The molecule has 29 heavy (non-hydrogen) atoms. The number of hydrogen-bond donors (Lipinski definition) is 1. The van der Waals surface area contributed by atoms with E-state index in [9.17, 15) is 13.2 Å². The van der Waals surface area contributed by atoms with E-state index in [4.69, 9.17) is 0 Å². The molecule has 2 saturated heterocycles. The number of hydrogen-bond acceptors (Lipinski definition) is 4. The minimum atomic E-state index is -3.40. The van der Waals surface area contributed by atoms with Crippen molar-refractivity contribution < 1.29 is 13.2 Å². The van der Waals surface area contributed by atoms with E-state index >= 15 is 0 Å². The second-order valence-corrected chi connectivity index (χ2v) is 9.94. The Bertz CT molecular complexity index is 959. The van der Waals surface area contributed by atoms with Gasteiger partial charge in [0.15, 0.2) is 9.84 Å². The van der Waals surface area contributed by atoms with E-state index in [1.165, 1.54) is 6.42 Å². The summed E-state index contributed by atoms with van der Waals surface area (Å²) in [7, 11) is -3.40. The van der Waals surface area contributed by atoms with E-state index in [0.29, 0.717) is 28.1 Å². The third-order valence-corrected chi connectivity index (χ3v) is 7.45. The molecule has 0 aromatic heterocycles. The van der Waals surface area contributed by atoms with Crippen molar-refractivity contribution in [3.63, 3.8) is 0 Å². The maximum Gasteiger partial charge on any atom is 0.253 e. The van der Waals surface area contributed by atoms with Gasteiger partial charge in [0.2, 0.25) is 0 Å². The molecule has 2 aromatic rings. The molecule has 0 spiro atoms. The van der Waals surface area contributed by atoms with Gasteiger partial charge in [-0.05, 0) is 56.0 Å². The van der Waals surface area contributed by atoms with Crippen LogP contribution in [0.25, 0.3) is 0 Å². The fourth-order valence-corrected chi connectivity index (χ4v) is 5.45. The number of rotatable bonds is 4. The quantitative estimate of drug-likeness (QED) is 0.801. The van der Waals surface area contributed by atoms with Gasteiger partial charge in [0, 0.05) is 30.7 Å². The van der Waals surface area contributed by atoms with Gasteiger partial charge in [-0.2, -0.15) is 0 Å². The molecule has 2 fully saturated rings. The summed E-state index contributed by atoms with van der Waals surface area (Å²) < 4.78 is 25.2. The van der Waals surface area contributed by atoms with Crippen molar-refractivity contribution >= 4 is 28.2 Å². The highest BCUT2D eigenvalue weighted by molar-refractivity contribution is 7.90. The highest BCUT2D eigenvalue weighted by atomic mass is 35.5. The molecule has 2 bridgehead atoms. The van der Waals surface area contributed by atoms with Crippen LogP contribution in [0.5, 0.6) is 0 Å². The molecule has 2 aliphatic heterocycles. The molecule has 1 N–H and O–H groups in total. The highest BCUT2D eigenvalue weighted by Gasteiger charge is 2.31. The molecule has 0 radical (unpaired) electrons. The molecule has 2 unspecified atom stereocenters.